The van der Waals surface area contributed by atoms with E-state index in [-0.39, 0.29) is 34.3 Å². The predicted molar refractivity (Wildman–Crippen MR) is 164 cm³/mol. The van der Waals surface area contributed by atoms with Crippen LogP contribution in [-0.2, 0) is 9.59 Å². The zero-order valence-corrected chi connectivity index (χ0v) is 24.6. The van der Waals surface area contributed by atoms with Gasteiger partial charge in [0.05, 0.1) is 28.6 Å². The fourth-order valence-electron chi connectivity index (χ4n) is 5.09. The van der Waals surface area contributed by atoms with Crippen LogP contribution in [0.15, 0.2) is 87.7 Å². The van der Waals surface area contributed by atoms with E-state index in [0.29, 0.717) is 44.8 Å². The molecule has 2 aliphatic rings. The number of nitriles is 2. The van der Waals surface area contributed by atoms with Crippen LogP contribution in [0.3, 0.4) is 0 Å². The summed E-state index contributed by atoms with van der Waals surface area (Å²) in [4.78, 5) is 27.9. The molecule has 210 valence electrons. The van der Waals surface area contributed by atoms with Crippen LogP contribution in [0, 0.1) is 34.0 Å². The highest BCUT2D eigenvalue weighted by atomic mass is 32.2. The van der Waals surface area contributed by atoms with E-state index in [4.69, 9.17) is 5.73 Å². The van der Waals surface area contributed by atoms with Crippen molar-refractivity contribution in [3.05, 3.63) is 94.5 Å². The van der Waals surface area contributed by atoms with Gasteiger partial charge in [-0.2, -0.15) is 10.5 Å². The molecule has 11 heteroatoms. The van der Waals surface area contributed by atoms with Gasteiger partial charge in [-0.25, -0.2) is 0 Å². The molecule has 3 aromatic rings. The Balaban J connectivity index is 1.43. The number of hydrogen-bond donors (Lipinski definition) is 2. The fourth-order valence-corrected chi connectivity index (χ4v) is 6.77. The lowest BCUT2D eigenvalue weighted by molar-refractivity contribution is -0.118. The van der Waals surface area contributed by atoms with E-state index in [1.54, 1.807) is 29.2 Å². The molecule has 1 unspecified atom stereocenters. The lowest BCUT2D eigenvalue weighted by atomic mass is 9.70. The van der Waals surface area contributed by atoms with Crippen molar-refractivity contribution in [1.29, 1.82) is 10.5 Å². The number of nitrogens with zero attached hydrogens (tertiary/aromatic N) is 5. The zero-order chi connectivity index (χ0) is 29.9. The highest BCUT2D eigenvalue weighted by Crippen LogP contribution is 2.48. The van der Waals surface area contributed by atoms with Crippen LogP contribution in [0.4, 0.5) is 10.8 Å². The topological polar surface area (TPSA) is 149 Å². The molecule has 9 nitrogen and oxygen atoms in total. The molecule has 3 N–H and O–H groups in total. The SMILES string of the molecule is CC1(C)CC(=O)C2=C(C1)N(c1nnc(SCC(=O)Nc3ccccc3C#N)s1)C(N)=C(C#N)C2/C=C/c1ccccc1. The molecule has 2 heterocycles. The second-order valence-electron chi connectivity index (χ2n) is 10.6. The minimum Gasteiger partial charge on any atom is -0.384 e. The summed E-state index contributed by atoms with van der Waals surface area (Å²) in [6.45, 7) is 4.07. The number of carbonyl (C=O) groups is 2. The molecule has 1 atom stereocenters. The zero-order valence-electron chi connectivity index (χ0n) is 23.0. The fraction of sp³-hybridized carbons (Fsp3) is 0.226. The van der Waals surface area contributed by atoms with E-state index in [2.05, 4.69) is 27.7 Å². The van der Waals surface area contributed by atoms with Gasteiger partial charge in [0.25, 0.3) is 0 Å². The van der Waals surface area contributed by atoms with Crippen LogP contribution in [0.5, 0.6) is 0 Å². The van der Waals surface area contributed by atoms with Gasteiger partial charge in [-0.05, 0) is 29.5 Å². The molecular formula is C31H27N7O2S2. The summed E-state index contributed by atoms with van der Waals surface area (Å²) in [5, 5.41) is 31.2. The third-order valence-corrected chi connectivity index (χ3v) is 8.98. The van der Waals surface area contributed by atoms with Crippen LogP contribution in [0.25, 0.3) is 6.08 Å². The van der Waals surface area contributed by atoms with Gasteiger partial charge in [-0.3, -0.25) is 14.5 Å². The van der Waals surface area contributed by atoms with E-state index in [0.717, 1.165) is 5.56 Å². The van der Waals surface area contributed by atoms with Crippen molar-refractivity contribution in [2.45, 2.75) is 31.0 Å². The van der Waals surface area contributed by atoms with Crippen molar-refractivity contribution >= 4 is 51.7 Å². The van der Waals surface area contributed by atoms with E-state index < -0.39 is 5.92 Å². The Morgan fingerprint density at radius 3 is 2.62 bits per heavy atom. The first-order chi connectivity index (χ1) is 20.2. The van der Waals surface area contributed by atoms with Crippen molar-refractivity contribution in [1.82, 2.24) is 10.2 Å². The van der Waals surface area contributed by atoms with Crippen molar-refractivity contribution in [2.24, 2.45) is 17.1 Å². The van der Waals surface area contributed by atoms with Crippen molar-refractivity contribution in [3.63, 3.8) is 0 Å². The summed E-state index contributed by atoms with van der Waals surface area (Å²) in [6, 6.07) is 20.8. The first-order valence-electron chi connectivity index (χ1n) is 13.2. The van der Waals surface area contributed by atoms with Crippen LogP contribution in [0.1, 0.15) is 37.8 Å². The Morgan fingerprint density at radius 2 is 1.88 bits per heavy atom. The number of anilines is 2. The van der Waals surface area contributed by atoms with Gasteiger partial charge >= 0.3 is 0 Å². The minimum atomic E-state index is -0.577. The van der Waals surface area contributed by atoms with E-state index in [9.17, 15) is 20.1 Å². The summed E-state index contributed by atoms with van der Waals surface area (Å²) >= 11 is 2.42. The van der Waals surface area contributed by atoms with Crippen molar-refractivity contribution < 1.29 is 9.59 Å². The van der Waals surface area contributed by atoms with Crippen LogP contribution in [-0.4, -0.2) is 27.6 Å². The number of aromatic nitrogens is 2. The maximum Gasteiger partial charge on any atom is 0.234 e. The average Bonchev–Trinajstić information content (AvgIpc) is 3.43. The summed E-state index contributed by atoms with van der Waals surface area (Å²) < 4.78 is 0.523. The average molecular weight is 594 g/mol. The molecule has 0 radical (unpaired) electrons. The largest absolute Gasteiger partial charge is 0.384 e. The summed E-state index contributed by atoms with van der Waals surface area (Å²) in [5.74, 6) is -0.631. The monoisotopic (exact) mass is 593 g/mol. The molecule has 1 aliphatic heterocycles. The number of benzene rings is 2. The standard InChI is InChI=1S/C31H27N7O2S2/c1-31(2)14-24-27(25(39)15-31)21(13-12-19-8-4-3-5-9-19)22(17-33)28(34)38(24)29-36-37-30(42-29)41-18-26(40)35-23-11-7-6-10-20(23)16-32/h3-13,21H,14-15,18,34H2,1-2H3,(H,35,40)/b13-12+. The quantitative estimate of drug-likeness (QED) is 0.333. The second kappa shape index (κ2) is 12.0. The maximum absolute atomic E-state index is 13.6. The Kier molecular flexibility index (Phi) is 8.25. The Bertz CT molecular complexity index is 1730. The van der Waals surface area contributed by atoms with Crippen LogP contribution >= 0.6 is 23.1 Å². The summed E-state index contributed by atoms with van der Waals surface area (Å²) in [7, 11) is 0. The molecule has 2 aromatic carbocycles. The summed E-state index contributed by atoms with van der Waals surface area (Å²) in [5.41, 5.74) is 9.65. The number of nitrogens with one attached hydrogen (secondary N) is 1. The van der Waals surface area contributed by atoms with Gasteiger partial charge in [0.1, 0.15) is 11.9 Å². The number of hydrogen-bond acceptors (Lipinski definition) is 10. The third kappa shape index (κ3) is 5.98. The van der Waals surface area contributed by atoms with Crippen LogP contribution < -0.4 is 16.0 Å². The molecule has 0 bridgehead atoms. The number of carbonyl (C=O) groups excluding carboxylic acids is 2. The maximum atomic E-state index is 13.6. The van der Waals surface area contributed by atoms with Gasteiger partial charge in [0.15, 0.2) is 10.1 Å². The van der Waals surface area contributed by atoms with Gasteiger partial charge < -0.3 is 11.1 Å². The molecule has 0 spiro atoms. The van der Waals surface area contributed by atoms with E-state index >= 15 is 0 Å². The predicted octanol–water partition coefficient (Wildman–Crippen LogP) is 5.63. The number of Topliss-reactive ketones (excluding diaryl/α,β-unsaturated/α-hetero) is 1. The van der Waals surface area contributed by atoms with Gasteiger partial charge in [0.2, 0.25) is 11.0 Å². The number of rotatable bonds is 7. The van der Waals surface area contributed by atoms with Crippen molar-refractivity contribution in [2.75, 3.05) is 16.0 Å². The normalized spacial score (nSPS) is 18.0. The Hall–Kier alpha value is -4.71. The number of ketones is 1. The summed E-state index contributed by atoms with van der Waals surface area (Å²) in [6.07, 6.45) is 4.69. The van der Waals surface area contributed by atoms with Gasteiger partial charge in [-0.15, -0.1) is 10.2 Å². The number of para-hydroxylation sites is 1. The van der Waals surface area contributed by atoms with Gasteiger partial charge in [0, 0.05) is 23.6 Å². The molecule has 0 fully saturated rings. The molecule has 1 aromatic heterocycles. The molecule has 1 amide bonds. The first-order valence-corrected chi connectivity index (χ1v) is 15.0. The lowest BCUT2D eigenvalue weighted by Gasteiger charge is -2.41. The Labute approximate surface area is 252 Å². The first kappa shape index (κ1) is 28.8. The third-order valence-electron chi connectivity index (χ3n) is 6.94. The highest BCUT2D eigenvalue weighted by molar-refractivity contribution is 8.01. The van der Waals surface area contributed by atoms with Gasteiger partial charge in [-0.1, -0.05) is 91.6 Å². The van der Waals surface area contributed by atoms with Crippen LogP contribution in [0.2, 0.25) is 0 Å². The second-order valence-corrected chi connectivity index (χ2v) is 12.8. The number of thioether (sulfide) groups is 1. The number of amides is 1. The van der Waals surface area contributed by atoms with E-state index in [1.807, 2.05) is 56.3 Å². The van der Waals surface area contributed by atoms with Crippen molar-refractivity contribution in [3.8, 4) is 12.1 Å². The smallest absolute Gasteiger partial charge is 0.234 e. The molecule has 5 rings (SSSR count). The number of allylic oxidation sites excluding steroid dienone is 4. The molecule has 0 saturated carbocycles. The Morgan fingerprint density at radius 1 is 1.14 bits per heavy atom. The minimum absolute atomic E-state index is 0.0253. The van der Waals surface area contributed by atoms with E-state index in [1.165, 1.54) is 23.1 Å². The lowest BCUT2D eigenvalue weighted by Crippen LogP contribution is -2.42. The molecule has 42 heavy (non-hydrogen) atoms. The molecular weight excluding hydrogens is 567 g/mol. The highest BCUT2D eigenvalue weighted by Gasteiger charge is 2.44. The molecule has 0 saturated heterocycles. The number of nitrogens with two attached hydrogens (primary N) is 1. The molecule has 1 aliphatic carbocycles.